The molecule has 3 N–H and O–H groups in total. The summed E-state index contributed by atoms with van der Waals surface area (Å²) in [5.74, 6) is 0.284. The van der Waals surface area contributed by atoms with E-state index in [1.807, 2.05) is 12.2 Å². The van der Waals surface area contributed by atoms with Crippen LogP contribution in [0.1, 0.15) is 39.0 Å². The van der Waals surface area contributed by atoms with E-state index in [1.54, 1.807) is 0 Å². The minimum atomic E-state index is -0.601. The zero-order valence-electron chi connectivity index (χ0n) is 13.5. The van der Waals surface area contributed by atoms with E-state index in [0.29, 0.717) is 25.2 Å². The fourth-order valence-electron chi connectivity index (χ4n) is 4.31. The van der Waals surface area contributed by atoms with Gasteiger partial charge in [-0.15, -0.1) is 0 Å². The lowest BCUT2D eigenvalue weighted by atomic mass is 9.66. The van der Waals surface area contributed by atoms with E-state index in [-0.39, 0.29) is 30.3 Å². The van der Waals surface area contributed by atoms with Crippen LogP contribution < -0.4 is 0 Å². The van der Waals surface area contributed by atoms with Gasteiger partial charge in [-0.05, 0) is 30.3 Å². The van der Waals surface area contributed by atoms with Crippen LogP contribution in [0.5, 0.6) is 0 Å². The molecule has 1 aliphatic heterocycles. The van der Waals surface area contributed by atoms with Crippen molar-refractivity contribution >= 4 is 5.97 Å². The summed E-state index contributed by atoms with van der Waals surface area (Å²) in [5, 5.41) is 29.9. The highest BCUT2D eigenvalue weighted by Gasteiger charge is 2.39. The Morgan fingerprint density at radius 1 is 1.22 bits per heavy atom. The summed E-state index contributed by atoms with van der Waals surface area (Å²) in [4.78, 5) is 11.4. The molecule has 5 nitrogen and oxygen atoms in total. The van der Waals surface area contributed by atoms with Gasteiger partial charge in [0.15, 0.2) is 0 Å². The number of hydrogen-bond donors (Lipinski definition) is 3. The number of aliphatic hydroxyl groups excluding tert-OH is 3. The third kappa shape index (κ3) is 3.67. The number of carbonyl (C=O) groups excluding carboxylic acids is 1. The van der Waals surface area contributed by atoms with Gasteiger partial charge in [0.2, 0.25) is 0 Å². The summed E-state index contributed by atoms with van der Waals surface area (Å²) < 4.78 is 5.33. The highest BCUT2D eigenvalue weighted by atomic mass is 16.5. The second-order valence-electron chi connectivity index (χ2n) is 7.23. The molecule has 0 aromatic heterocycles. The molecule has 1 saturated heterocycles. The predicted molar refractivity (Wildman–Crippen MR) is 84.4 cm³/mol. The number of ether oxygens (including phenoxy) is 1. The topological polar surface area (TPSA) is 87.0 Å². The Morgan fingerprint density at radius 3 is 2.74 bits per heavy atom. The molecule has 23 heavy (non-hydrogen) atoms. The summed E-state index contributed by atoms with van der Waals surface area (Å²) in [7, 11) is 0. The molecular weight excluding hydrogens is 296 g/mol. The first kappa shape index (κ1) is 16.7. The standard InChI is InChI=1S/C18H26O5/c1-10-2-3-11-6-12(19)8-16(21)18(11)15(10)5-4-14-7-13(20)9-17(22)23-14/h2-3,6,10,12-16,18-21H,4-5,7-9H2,1H3/t10-,12+,13+,14+,15-,16-,18-/m0/s1. The molecule has 3 aliphatic rings. The molecule has 0 radical (unpaired) electrons. The van der Waals surface area contributed by atoms with E-state index in [1.165, 1.54) is 0 Å². The molecule has 5 heteroatoms. The number of esters is 1. The summed E-state index contributed by atoms with van der Waals surface area (Å²) in [6.07, 6.45) is 6.52. The maximum absolute atomic E-state index is 11.4. The fraction of sp³-hybridized carbons (Fsp3) is 0.722. The lowest BCUT2D eigenvalue weighted by Crippen LogP contribution is -2.40. The van der Waals surface area contributed by atoms with E-state index in [9.17, 15) is 20.1 Å². The third-order valence-electron chi connectivity index (χ3n) is 5.45. The van der Waals surface area contributed by atoms with Gasteiger partial charge in [0, 0.05) is 18.8 Å². The summed E-state index contributed by atoms with van der Waals surface area (Å²) >= 11 is 0. The molecule has 0 amide bonds. The number of rotatable bonds is 3. The van der Waals surface area contributed by atoms with Gasteiger partial charge in [0.25, 0.3) is 0 Å². The van der Waals surface area contributed by atoms with Crippen LogP contribution in [0.15, 0.2) is 23.8 Å². The van der Waals surface area contributed by atoms with Crippen LogP contribution in [0.25, 0.3) is 0 Å². The van der Waals surface area contributed by atoms with Gasteiger partial charge in [-0.3, -0.25) is 4.79 Å². The smallest absolute Gasteiger partial charge is 0.308 e. The lowest BCUT2D eigenvalue weighted by molar-refractivity contribution is -0.160. The van der Waals surface area contributed by atoms with Crippen LogP contribution in [0, 0.1) is 17.8 Å². The molecular formula is C18H26O5. The minimum Gasteiger partial charge on any atom is -0.462 e. The van der Waals surface area contributed by atoms with Crippen molar-refractivity contribution in [2.45, 2.75) is 63.4 Å². The van der Waals surface area contributed by atoms with E-state index in [0.717, 1.165) is 12.0 Å². The van der Waals surface area contributed by atoms with Crippen molar-refractivity contribution in [3.8, 4) is 0 Å². The number of fused-ring (bicyclic) bond motifs is 1. The number of allylic oxidation sites excluding steroid dienone is 2. The van der Waals surface area contributed by atoms with Gasteiger partial charge in [0.1, 0.15) is 6.10 Å². The van der Waals surface area contributed by atoms with E-state index in [2.05, 4.69) is 13.0 Å². The lowest BCUT2D eigenvalue weighted by Gasteiger charge is -2.41. The van der Waals surface area contributed by atoms with Gasteiger partial charge in [-0.1, -0.05) is 25.2 Å². The number of cyclic esters (lactones) is 1. The molecule has 1 fully saturated rings. The number of carbonyl (C=O) groups is 1. The Hall–Kier alpha value is -1.17. The first-order valence-electron chi connectivity index (χ1n) is 8.57. The Bertz CT molecular complexity index is 512. The zero-order chi connectivity index (χ0) is 16.6. The molecule has 0 unspecified atom stereocenters. The SMILES string of the molecule is C[C@H]1C=CC2=C[C@@H](O)C[C@H](O)[C@@H]2[C@H]1CC[C@@H]1C[C@@H](O)CC(=O)O1. The molecule has 0 aromatic rings. The average molecular weight is 322 g/mol. The van der Waals surface area contributed by atoms with Crippen molar-refractivity contribution in [1.29, 1.82) is 0 Å². The molecule has 0 bridgehead atoms. The van der Waals surface area contributed by atoms with E-state index in [4.69, 9.17) is 4.74 Å². The first-order chi connectivity index (χ1) is 10.9. The average Bonchev–Trinajstić information content (AvgIpc) is 2.45. The van der Waals surface area contributed by atoms with Crippen LogP contribution >= 0.6 is 0 Å². The number of aliphatic hydroxyl groups is 3. The van der Waals surface area contributed by atoms with Crippen LogP contribution in [0.3, 0.4) is 0 Å². The van der Waals surface area contributed by atoms with Gasteiger partial charge >= 0.3 is 5.97 Å². The Kier molecular flexibility index (Phi) is 4.90. The second-order valence-corrected chi connectivity index (χ2v) is 7.23. The minimum absolute atomic E-state index is 0.0302. The molecule has 128 valence electrons. The Labute approximate surface area is 136 Å². The van der Waals surface area contributed by atoms with Crippen LogP contribution in [-0.4, -0.2) is 45.7 Å². The summed E-state index contributed by atoms with van der Waals surface area (Å²) in [6, 6.07) is 0. The van der Waals surface area contributed by atoms with Crippen LogP contribution in [0.2, 0.25) is 0 Å². The quantitative estimate of drug-likeness (QED) is 0.682. The van der Waals surface area contributed by atoms with Crippen molar-refractivity contribution in [3.05, 3.63) is 23.8 Å². The third-order valence-corrected chi connectivity index (χ3v) is 5.45. The van der Waals surface area contributed by atoms with Crippen molar-refractivity contribution in [3.63, 3.8) is 0 Å². The maximum Gasteiger partial charge on any atom is 0.308 e. The van der Waals surface area contributed by atoms with Crippen molar-refractivity contribution in [2.75, 3.05) is 0 Å². The summed E-state index contributed by atoms with van der Waals surface area (Å²) in [5.41, 5.74) is 1.01. The molecule has 0 aromatic carbocycles. The maximum atomic E-state index is 11.4. The number of hydrogen-bond acceptors (Lipinski definition) is 5. The molecule has 3 rings (SSSR count). The van der Waals surface area contributed by atoms with E-state index < -0.39 is 18.3 Å². The fourth-order valence-corrected chi connectivity index (χ4v) is 4.31. The van der Waals surface area contributed by atoms with Gasteiger partial charge in [-0.2, -0.15) is 0 Å². The molecule has 0 spiro atoms. The largest absolute Gasteiger partial charge is 0.462 e. The highest BCUT2D eigenvalue weighted by molar-refractivity contribution is 5.70. The van der Waals surface area contributed by atoms with Gasteiger partial charge in [-0.25, -0.2) is 0 Å². The first-order valence-corrected chi connectivity index (χ1v) is 8.57. The Morgan fingerprint density at radius 2 is 2.00 bits per heavy atom. The molecule has 7 atom stereocenters. The molecule has 0 saturated carbocycles. The molecule has 2 aliphatic carbocycles. The van der Waals surface area contributed by atoms with Crippen molar-refractivity contribution < 1.29 is 24.9 Å². The second kappa shape index (κ2) is 6.75. The van der Waals surface area contributed by atoms with Crippen molar-refractivity contribution in [1.82, 2.24) is 0 Å². The Balaban J connectivity index is 1.67. The highest BCUT2D eigenvalue weighted by Crippen LogP contribution is 2.42. The van der Waals surface area contributed by atoms with E-state index >= 15 is 0 Å². The zero-order valence-corrected chi connectivity index (χ0v) is 13.5. The summed E-state index contributed by atoms with van der Waals surface area (Å²) in [6.45, 7) is 2.14. The normalized spacial score (nSPS) is 43.6. The predicted octanol–water partition coefficient (Wildman–Crippen LogP) is 1.32. The van der Waals surface area contributed by atoms with Crippen molar-refractivity contribution in [2.24, 2.45) is 17.8 Å². The van der Waals surface area contributed by atoms with Crippen LogP contribution in [0.4, 0.5) is 0 Å². The van der Waals surface area contributed by atoms with Gasteiger partial charge in [0.05, 0.1) is 24.7 Å². The monoisotopic (exact) mass is 322 g/mol. The molecule has 1 heterocycles. The van der Waals surface area contributed by atoms with Crippen LogP contribution in [-0.2, 0) is 9.53 Å². The van der Waals surface area contributed by atoms with Gasteiger partial charge < -0.3 is 20.1 Å².